The summed E-state index contributed by atoms with van der Waals surface area (Å²) in [7, 11) is 0. The van der Waals surface area contributed by atoms with Crippen LogP contribution in [0.4, 0.5) is 0 Å². The van der Waals surface area contributed by atoms with Crippen LogP contribution in [0, 0.1) is 5.92 Å². The van der Waals surface area contributed by atoms with Crippen LogP contribution in [-0.2, 0) is 19.0 Å². The quantitative estimate of drug-likeness (QED) is 0.115. The highest BCUT2D eigenvalue weighted by molar-refractivity contribution is 5.86. The number of aliphatic hydroxyl groups excluding tert-OH is 7. The number of amides is 1. The Kier molecular flexibility index (Phi) is 10.8. The molecule has 0 aromatic rings. The molecule has 42 heavy (non-hydrogen) atoms. The highest BCUT2D eigenvalue weighted by atomic mass is 16.7. The van der Waals surface area contributed by atoms with E-state index >= 15 is 0 Å². The highest BCUT2D eigenvalue weighted by Crippen LogP contribution is 2.38. The van der Waals surface area contributed by atoms with Crippen LogP contribution >= 0.6 is 0 Å². The molecule has 2 heterocycles. The van der Waals surface area contributed by atoms with Crippen molar-refractivity contribution in [2.24, 2.45) is 23.1 Å². The monoisotopic (exact) mass is 609 g/mol. The first-order valence-corrected chi connectivity index (χ1v) is 14.4. The Labute approximate surface area is 242 Å². The summed E-state index contributed by atoms with van der Waals surface area (Å²) in [6.45, 7) is 1.83. The maximum absolute atomic E-state index is 13.0. The van der Waals surface area contributed by atoms with Crippen molar-refractivity contribution in [1.82, 2.24) is 10.6 Å². The lowest BCUT2D eigenvalue weighted by Gasteiger charge is -2.52. The van der Waals surface area contributed by atoms with Crippen molar-refractivity contribution < 1.29 is 59.9 Å². The van der Waals surface area contributed by atoms with E-state index in [1.54, 1.807) is 0 Å². The van der Waals surface area contributed by atoms with Gasteiger partial charge in [-0.05, 0) is 13.0 Å². The van der Waals surface area contributed by atoms with E-state index in [-0.39, 0.29) is 31.8 Å². The van der Waals surface area contributed by atoms with Crippen LogP contribution in [-0.4, -0.2) is 164 Å². The molecule has 244 valence electrons. The molecule has 0 bridgehead atoms. The van der Waals surface area contributed by atoms with Gasteiger partial charge in [0.2, 0.25) is 0 Å². The summed E-state index contributed by atoms with van der Waals surface area (Å²) < 4.78 is 17.5. The van der Waals surface area contributed by atoms with Gasteiger partial charge in [0.25, 0.3) is 5.91 Å². The van der Waals surface area contributed by atoms with Crippen molar-refractivity contribution in [2.75, 3.05) is 19.7 Å². The first kappa shape index (κ1) is 33.8. The fourth-order valence-electron chi connectivity index (χ4n) is 6.48. The number of carbonyl (C=O) groups is 1. The van der Waals surface area contributed by atoms with Crippen molar-refractivity contribution in [3.05, 3.63) is 0 Å². The van der Waals surface area contributed by atoms with Gasteiger partial charge in [-0.1, -0.05) is 6.92 Å². The number of aliphatic hydroxyl groups is 8. The number of hydrogen-bond acceptors (Lipinski definition) is 16. The molecule has 2 saturated carbocycles. The lowest BCUT2D eigenvalue weighted by atomic mass is 9.71. The van der Waals surface area contributed by atoms with Crippen LogP contribution in [0.25, 0.3) is 0 Å². The van der Waals surface area contributed by atoms with Gasteiger partial charge in [-0.25, -0.2) is 0 Å². The average Bonchev–Trinajstić information content (AvgIpc) is 2.93. The third kappa shape index (κ3) is 6.46. The summed E-state index contributed by atoms with van der Waals surface area (Å²) >= 11 is 0. The van der Waals surface area contributed by atoms with Crippen LogP contribution in [0.5, 0.6) is 0 Å². The predicted octanol–water partition coefficient (Wildman–Crippen LogP) is -7.36. The third-order valence-electron chi connectivity index (χ3n) is 9.04. The lowest BCUT2D eigenvalue weighted by Crippen LogP contribution is -2.72. The molecule has 2 aliphatic carbocycles. The number of likely N-dealkylation sites (N-methyl/N-ethyl adjacent to an activating group) is 1. The van der Waals surface area contributed by atoms with Crippen molar-refractivity contribution in [3.63, 3.8) is 0 Å². The molecule has 2 saturated heterocycles. The summed E-state index contributed by atoms with van der Waals surface area (Å²) in [5, 5.41) is 90.5. The standard InChI is InChI=1S/C25H47N5O12/c1-2-29-6-11-16(33)19(36)20(37)22(40-11)13-9(27)3-10(30-24(38)25(39)4-8(26)5-25)21(17(13)34)42-23-18(35)14(28)15(32)12(7-31)41-23/h8-23,29,31-37,39H,2-7,26-28H2,1H3,(H,30,38). The zero-order valence-corrected chi connectivity index (χ0v) is 23.4. The molecular weight excluding hydrogens is 562 g/mol. The molecule has 17 heteroatoms. The average molecular weight is 610 g/mol. The van der Waals surface area contributed by atoms with Gasteiger partial charge in [-0.15, -0.1) is 0 Å². The zero-order chi connectivity index (χ0) is 31.1. The smallest absolute Gasteiger partial charge is 0.252 e. The summed E-state index contributed by atoms with van der Waals surface area (Å²) in [5.74, 6) is -1.90. The topological polar surface area (TPSA) is 309 Å². The predicted molar refractivity (Wildman–Crippen MR) is 142 cm³/mol. The number of carbonyl (C=O) groups excluding carboxylic acids is 1. The molecule has 1 amide bonds. The number of ether oxygens (including phenoxy) is 3. The molecule has 4 rings (SSSR count). The minimum Gasteiger partial charge on any atom is -0.394 e. The fourth-order valence-corrected chi connectivity index (χ4v) is 6.48. The lowest BCUT2D eigenvalue weighted by molar-refractivity contribution is -0.310. The second-order valence-corrected chi connectivity index (χ2v) is 12.1. The maximum Gasteiger partial charge on any atom is 0.252 e. The van der Waals surface area contributed by atoms with Gasteiger partial charge in [0.1, 0.15) is 48.3 Å². The summed E-state index contributed by atoms with van der Waals surface area (Å²) in [5.41, 5.74) is 16.4. The molecule has 16 N–H and O–H groups in total. The first-order valence-electron chi connectivity index (χ1n) is 14.4. The second-order valence-electron chi connectivity index (χ2n) is 12.1. The Morgan fingerprint density at radius 3 is 2.19 bits per heavy atom. The molecule has 2 aliphatic heterocycles. The molecule has 15 atom stereocenters. The Morgan fingerprint density at radius 1 is 0.929 bits per heavy atom. The van der Waals surface area contributed by atoms with Gasteiger partial charge in [0.05, 0.1) is 37.0 Å². The molecule has 15 unspecified atom stereocenters. The Balaban J connectivity index is 1.61. The van der Waals surface area contributed by atoms with Gasteiger partial charge in [-0.2, -0.15) is 0 Å². The highest BCUT2D eigenvalue weighted by Gasteiger charge is 2.57. The van der Waals surface area contributed by atoms with E-state index in [0.717, 1.165) is 0 Å². The van der Waals surface area contributed by atoms with Crippen LogP contribution in [0.1, 0.15) is 26.2 Å². The zero-order valence-electron chi connectivity index (χ0n) is 23.4. The minimum atomic E-state index is -1.74. The molecule has 0 spiro atoms. The van der Waals surface area contributed by atoms with E-state index in [1.165, 1.54) is 0 Å². The largest absolute Gasteiger partial charge is 0.394 e. The number of hydrogen-bond donors (Lipinski definition) is 13. The summed E-state index contributed by atoms with van der Waals surface area (Å²) in [6, 6.07) is -3.69. The van der Waals surface area contributed by atoms with Crippen LogP contribution < -0.4 is 27.8 Å². The van der Waals surface area contributed by atoms with E-state index in [9.17, 15) is 45.6 Å². The summed E-state index contributed by atoms with van der Waals surface area (Å²) in [4.78, 5) is 13.0. The number of rotatable bonds is 9. The first-order chi connectivity index (χ1) is 19.7. The van der Waals surface area contributed by atoms with E-state index in [2.05, 4.69) is 10.6 Å². The normalized spacial score (nSPS) is 51.5. The van der Waals surface area contributed by atoms with Gasteiger partial charge >= 0.3 is 0 Å². The molecule has 17 nitrogen and oxygen atoms in total. The number of nitrogens with one attached hydrogen (secondary N) is 2. The van der Waals surface area contributed by atoms with Crippen molar-refractivity contribution >= 4 is 5.91 Å². The fraction of sp³-hybridized carbons (Fsp3) is 0.960. The van der Waals surface area contributed by atoms with Crippen LogP contribution in [0.15, 0.2) is 0 Å². The second kappa shape index (κ2) is 13.5. The molecule has 0 radical (unpaired) electrons. The van der Waals surface area contributed by atoms with Gasteiger partial charge in [0.15, 0.2) is 6.29 Å². The molecule has 4 aliphatic rings. The number of nitrogens with two attached hydrogens (primary N) is 3. The van der Waals surface area contributed by atoms with Gasteiger partial charge < -0.3 is 82.9 Å². The molecule has 0 aromatic heterocycles. The van der Waals surface area contributed by atoms with E-state index < -0.39 is 109 Å². The summed E-state index contributed by atoms with van der Waals surface area (Å²) in [6.07, 6.45) is -15.9. The van der Waals surface area contributed by atoms with Crippen LogP contribution in [0.2, 0.25) is 0 Å². The Morgan fingerprint density at radius 2 is 1.60 bits per heavy atom. The maximum atomic E-state index is 13.0. The Hall–Kier alpha value is -1.13. The van der Waals surface area contributed by atoms with E-state index in [0.29, 0.717) is 6.54 Å². The van der Waals surface area contributed by atoms with Crippen molar-refractivity contribution in [1.29, 1.82) is 0 Å². The van der Waals surface area contributed by atoms with Crippen molar-refractivity contribution in [3.8, 4) is 0 Å². The van der Waals surface area contributed by atoms with Crippen molar-refractivity contribution in [2.45, 2.75) is 123 Å². The minimum absolute atomic E-state index is 0.0131. The van der Waals surface area contributed by atoms with E-state index in [4.69, 9.17) is 31.4 Å². The van der Waals surface area contributed by atoms with Crippen LogP contribution in [0.3, 0.4) is 0 Å². The molecule has 4 fully saturated rings. The van der Waals surface area contributed by atoms with Gasteiger partial charge in [0, 0.05) is 37.4 Å². The van der Waals surface area contributed by atoms with Gasteiger partial charge in [-0.3, -0.25) is 4.79 Å². The SMILES string of the molecule is CCNCC1OC(C2C(N)CC(NC(=O)C3(O)CC(N)C3)C(OC3OC(CO)C(O)C(N)C3O)C2O)C(O)C(O)C1O. The van der Waals surface area contributed by atoms with E-state index in [1.807, 2.05) is 6.92 Å². The Bertz CT molecular complexity index is 915. The molecular formula is C25H47N5O12. The molecule has 0 aromatic carbocycles. The third-order valence-corrected chi connectivity index (χ3v) is 9.04.